The molecule has 0 saturated carbocycles. The van der Waals surface area contributed by atoms with Crippen LogP contribution in [-0.4, -0.2) is 28.7 Å². The molecule has 0 spiro atoms. The number of hydrogen-bond donors (Lipinski definition) is 1. The van der Waals surface area contributed by atoms with E-state index in [1.165, 1.54) is 29.1 Å². The Labute approximate surface area is 154 Å². The van der Waals surface area contributed by atoms with E-state index in [2.05, 4.69) is 15.9 Å². The van der Waals surface area contributed by atoms with Crippen molar-refractivity contribution in [2.24, 2.45) is 0 Å². The second kappa shape index (κ2) is 6.61. The minimum atomic E-state index is -1.10. The number of hydrogen-bond acceptors (Lipinski definition) is 4. The SMILES string of the molecule is COc1ccc2c(c1F)c(CC(=O)O)c(C)n2C(=O)c1ccc(Br)s1. The number of methoxy groups -OCH3 is 1. The van der Waals surface area contributed by atoms with Crippen molar-refractivity contribution in [2.75, 3.05) is 7.11 Å². The molecule has 0 fully saturated rings. The first kappa shape index (κ1) is 17.6. The molecule has 2 aromatic heterocycles. The Morgan fingerprint density at radius 3 is 2.60 bits per heavy atom. The maximum absolute atomic E-state index is 14.8. The average Bonchev–Trinajstić information content (AvgIpc) is 3.10. The summed E-state index contributed by atoms with van der Waals surface area (Å²) in [4.78, 5) is 24.6. The molecule has 0 amide bonds. The molecule has 0 unspecified atom stereocenters. The zero-order valence-corrected chi connectivity index (χ0v) is 15.7. The minimum absolute atomic E-state index is 0.00241. The molecule has 0 aliphatic heterocycles. The number of aliphatic carboxylic acids is 1. The predicted molar refractivity (Wildman–Crippen MR) is 96.3 cm³/mol. The van der Waals surface area contributed by atoms with Crippen molar-refractivity contribution in [3.8, 4) is 5.75 Å². The standard InChI is InChI=1S/C17H13BrFNO4S/c1-8-9(7-14(21)22)15-10(3-4-11(24-2)16(15)19)20(8)17(23)12-5-6-13(18)25-12/h3-6H,7H2,1-2H3,(H,21,22). The van der Waals surface area contributed by atoms with E-state index in [0.717, 1.165) is 3.79 Å². The largest absolute Gasteiger partial charge is 0.494 e. The normalized spacial score (nSPS) is 11.0. The number of aromatic nitrogens is 1. The van der Waals surface area contributed by atoms with Gasteiger partial charge in [0.1, 0.15) is 0 Å². The van der Waals surface area contributed by atoms with Gasteiger partial charge in [-0.2, -0.15) is 0 Å². The van der Waals surface area contributed by atoms with Crippen LogP contribution in [-0.2, 0) is 11.2 Å². The highest BCUT2D eigenvalue weighted by molar-refractivity contribution is 9.11. The van der Waals surface area contributed by atoms with Crippen LogP contribution in [0.3, 0.4) is 0 Å². The molecule has 130 valence electrons. The molecular formula is C17H13BrFNO4S. The number of thiophene rings is 1. The Morgan fingerprint density at radius 2 is 2.04 bits per heavy atom. The summed E-state index contributed by atoms with van der Waals surface area (Å²) in [6, 6.07) is 6.41. The van der Waals surface area contributed by atoms with Crippen molar-refractivity contribution in [1.29, 1.82) is 0 Å². The molecule has 3 aromatic rings. The highest BCUT2D eigenvalue weighted by Crippen LogP contribution is 2.34. The highest BCUT2D eigenvalue weighted by atomic mass is 79.9. The fourth-order valence-electron chi connectivity index (χ4n) is 2.84. The number of carbonyl (C=O) groups is 2. The lowest BCUT2D eigenvalue weighted by molar-refractivity contribution is -0.136. The van der Waals surface area contributed by atoms with Crippen LogP contribution in [0.2, 0.25) is 0 Å². The van der Waals surface area contributed by atoms with Crippen LogP contribution in [0.15, 0.2) is 28.1 Å². The number of fused-ring (bicyclic) bond motifs is 1. The minimum Gasteiger partial charge on any atom is -0.494 e. The van der Waals surface area contributed by atoms with Gasteiger partial charge in [-0.25, -0.2) is 4.39 Å². The monoisotopic (exact) mass is 425 g/mol. The van der Waals surface area contributed by atoms with Crippen LogP contribution in [0.4, 0.5) is 4.39 Å². The third kappa shape index (κ3) is 2.96. The van der Waals surface area contributed by atoms with Crippen LogP contribution in [0.1, 0.15) is 20.9 Å². The van der Waals surface area contributed by atoms with Gasteiger partial charge in [-0.05, 0) is 52.7 Å². The van der Waals surface area contributed by atoms with Gasteiger partial charge in [0.25, 0.3) is 5.91 Å². The molecule has 5 nitrogen and oxygen atoms in total. The molecular weight excluding hydrogens is 413 g/mol. The number of benzene rings is 1. The van der Waals surface area contributed by atoms with Gasteiger partial charge >= 0.3 is 5.97 Å². The molecule has 1 aromatic carbocycles. The lowest BCUT2D eigenvalue weighted by Gasteiger charge is -2.06. The van der Waals surface area contributed by atoms with Crippen LogP contribution in [0, 0.1) is 12.7 Å². The van der Waals surface area contributed by atoms with Crippen LogP contribution < -0.4 is 4.74 Å². The molecule has 0 aliphatic carbocycles. The van der Waals surface area contributed by atoms with Gasteiger partial charge in [-0.1, -0.05) is 0 Å². The number of rotatable bonds is 4. The van der Waals surface area contributed by atoms with Crippen LogP contribution in [0.25, 0.3) is 10.9 Å². The third-order valence-corrected chi connectivity index (χ3v) is 5.55. The second-order valence-corrected chi connectivity index (χ2v) is 7.82. The summed E-state index contributed by atoms with van der Waals surface area (Å²) in [5, 5.41) is 9.28. The zero-order valence-electron chi connectivity index (χ0n) is 13.3. The highest BCUT2D eigenvalue weighted by Gasteiger charge is 2.25. The van der Waals surface area contributed by atoms with Gasteiger partial charge in [0.2, 0.25) is 0 Å². The van der Waals surface area contributed by atoms with Gasteiger partial charge < -0.3 is 9.84 Å². The molecule has 2 heterocycles. The quantitative estimate of drug-likeness (QED) is 0.678. The number of halogens is 2. The lowest BCUT2D eigenvalue weighted by Crippen LogP contribution is -2.12. The van der Waals surface area contributed by atoms with Crippen molar-refractivity contribution in [3.63, 3.8) is 0 Å². The fraction of sp³-hybridized carbons (Fsp3) is 0.176. The van der Waals surface area contributed by atoms with Crippen molar-refractivity contribution < 1.29 is 23.8 Å². The van der Waals surface area contributed by atoms with E-state index in [-0.39, 0.29) is 29.0 Å². The molecule has 8 heteroatoms. The Balaban J connectivity index is 2.32. The van der Waals surface area contributed by atoms with Crippen molar-refractivity contribution >= 4 is 50.0 Å². The average molecular weight is 426 g/mol. The molecule has 1 N–H and O–H groups in total. The van der Waals surface area contributed by atoms with Gasteiger partial charge in [-0.15, -0.1) is 11.3 Å². The second-order valence-electron chi connectivity index (χ2n) is 5.35. The summed E-state index contributed by atoms with van der Waals surface area (Å²) in [6.45, 7) is 1.62. The molecule has 0 atom stereocenters. The molecule has 0 aliphatic rings. The molecule has 0 saturated heterocycles. The number of ether oxygens (including phenoxy) is 1. The van der Waals surface area contributed by atoms with Crippen molar-refractivity contribution in [2.45, 2.75) is 13.3 Å². The number of carboxylic acids is 1. The number of carbonyl (C=O) groups excluding carboxylic acids is 1. The summed E-state index contributed by atoms with van der Waals surface area (Å²) in [5.41, 5.74) is 0.989. The van der Waals surface area contributed by atoms with Gasteiger partial charge in [-0.3, -0.25) is 14.2 Å². The van der Waals surface area contributed by atoms with E-state index in [4.69, 9.17) is 4.74 Å². The van der Waals surface area contributed by atoms with E-state index < -0.39 is 11.8 Å². The number of nitrogens with zero attached hydrogens (tertiary/aromatic N) is 1. The maximum atomic E-state index is 14.8. The smallest absolute Gasteiger partial charge is 0.307 e. The van der Waals surface area contributed by atoms with E-state index in [1.54, 1.807) is 25.1 Å². The molecule has 0 bridgehead atoms. The summed E-state index contributed by atoms with van der Waals surface area (Å²) in [6.07, 6.45) is -0.388. The maximum Gasteiger partial charge on any atom is 0.307 e. The third-order valence-electron chi connectivity index (χ3n) is 3.93. The Kier molecular flexibility index (Phi) is 4.66. The molecule has 3 rings (SSSR count). The van der Waals surface area contributed by atoms with E-state index in [1.807, 2.05) is 0 Å². The predicted octanol–water partition coefficient (Wildman–Crippen LogP) is 4.24. The summed E-state index contributed by atoms with van der Waals surface area (Å²) in [7, 11) is 1.33. The molecule has 0 radical (unpaired) electrons. The first-order valence-corrected chi connectivity index (χ1v) is 8.84. The summed E-state index contributed by atoms with van der Waals surface area (Å²) in [5.74, 6) is -2.10. The first-order valence-electron chi connectivity index (χ1n) is 7.23. The topological polar surface area (TPSA) is 68.5 Å². The summed E-state index contributed by atoms with van der Waals surface area (Å²) >= 11 is 4.57. The number of carboxylic acid groups (broad SMARTS) is 1. The van der Waals surface area contributed by atoms with E-state index >= 15 is 0 Å². The fourth-order valence-corrected chi connectivity index (χ4v) is 4.16. The van der Waals surface area contributed by atoms with Crippen LogP contribution >= 0.6 is 27.3 Å². The Bertz CT molecular complexity index is 1010. The van der Waals surface area contributed by atoms with E-state index in [0.29, 0.717) is 16.1 Å². The molecule has 25 heavy (non-hydrogen) atoms. The first-order chi connectivity index (χ1) is 11.8. The van der Waals surface area contributed by atoms with Gasteiger partial charge in [0.05, 0.1) is 27.7 Å². The lowest BCUT2D eigenvalue weighted by atomic mass is 10.1. The van der Waals surface area contributed by atoms with Gasteiger partial charge in [0.15, 0.2) is 11.6 Å². The summed E-state index contributed by atoms with van der Waals surface area (Å²) < 4.78 is 21.9. The van der Waals surface area contributed by atoms with Gasteiger partial charge in [0, 0.05) is 11.1 Å². The van der Waals surface area contributed by atoms with Crippen molar-refractivity contribution in [3.05, 3.63) is 50.0 Å². The zero-order chi connectivity index (χ0) is 18.3. The van der Waals surface area contributed by atoms with E-state index in [9.17, 15) is 19.1 Å². The van der Waals surface area contributed by atoms with Crippen molar-refractivity contribution in [1.82, 2.24) is 4.57 Å². The Morgan fingerprint density at radius 1 is 1.32 bits per heavy atom. The Hall–Kier alpha value is -2.19. The van der Waals surface area contributed by atoms with Crippen LogP contribution in [0.5, 0.6) is 5.75 Å².